The topological polar surface area (TPSA) is 78.3 Å². The van der Waals surface area contributed by atoms with Gasteiger partial charge in [-0.2, -0.15) is 0 Å². The van der Waals surface area contributed by atoms with Gasteiger partial charge in [0.25, 0.3) is 5.91 Å². The van der Waals surface area contributed by atoms with Crippen molar-refractivity contribution < 1.29 is 14.3 Å². The van der Waals surface area contributed by atoms with E-state index in [1.54, 1.807) is 31.0 Å². The van der Waals surface area contributed by atoms with Gasteiger partial charge in [-0.25, -0.2) is 4.68 Å². The lowest BCUT2D eigenvalue weighted by Crippen LogP contribution is -2.22. The third kappa shape index (κ3) is 3.40. The predicted octanol–water partition coefficient (Wildman–Crippen LogP) is 2.40. The Labute approximate surface area is 145 Å². The van der Waals surface area contributed by atoms with E-state index in [1.807, 2.05) is 31.2 Å². The molecule has 0 saturated carbocycles. The van der Waals surface area contributed by atoms with E-state index >= 15 is 0 Å². The molecule has 1 aromatic heterocycles. The average molecular weight is 340 g/mol. The van der Waals surface area contributed by atoms with Crippen LogP contribution in [-0.2, 0) is 13.1 Å². The molecule has 7 heteroatoms. The molecule has 7 nitrogen and oxygen atoms in total. The van der Waals surface area contributed by atoms with Crippen molar-refractivity contribution in [2.75, 3.05) is 14.2 Å². The summed E-state index contributed by atoms with van der Waals surface area (Å²) in [7, 11) is 3.17. The van der Waals surface area contributed by atoms with E-state index in [0.717, 1.165) is 17.6 Å². The first kappa shape index (κ1) is 16.8. The Kier molecular flexibility index (Phi) is 4.83. The summed E-state index contributed by atoms with van der Waals surface area (Å²) in [6.07, 6.45) is 0. The van der Waals surface area contributed by atoms with Crippen LogP contribution in [0.1, 0.15) is 22.8 Å². The van der Waals surface area contributed by atoms with Gasteiger partial charge < -0.3 is 14.8 Å². The number of ether oxygens (including phenoxy) is 2. The highest BCUT2D eigenvalue weighted by Crippen LogP contribution is 2.27. The number of aromatic nitrogens is 3. The van der Waals surface area contributed by atoms with E-state index in [-0.39, 0.29) is 5.91 Å². The standard InChI is InChI=1S/C18H20N4O3/c1-4-22-15-7-6-13(10-14(15)20-21-22)18(23)19-11-12-5-8-16(24-2)17(9-12)25-3/h5-10H,4,11H2,1-3H3,(H,19,23). The van der Waals surface area contributed by atoms with E-state index in [2.05, 4.69) is 15.6 Å². The van der Waals surface area contributed by atoms with Crippen LogP contribution in [0.2, 0.25) is 0 Å². The second kappa shape index (κ2) is 7.21. The molecule has 2 aromatic carbocycles. The Morgan fingerprint density at radius 1 is 1.12 bits per heavy atom. The Bertz CT molecular complexity index is 904. The second-order valence-corrected chi connectivity index (χ2v) is 5.48. The second-order valence-electron chi connectivity index (χ2n) is 5.48. The molecular formula is C18H20N4O3. The predicted molar refractivity (Wildman–Crippen MR) is 93.9 cm³/mol. The van der Waals surface area contributed by atoms with E-state index in [0.29, 0.717) is 29.1 Å². The van der Waals surface area contributed by atoms with Gasteiger partial charge >= 0.3 is 0 Å². The third-order valence-electron chi connectivity index (χ3n) is 3.98. The molecule has 0 aliphatic carbocycles. The maximum absolute atomic E-state index is 12.4. The Morgan fingerprint density at radius 3 is 2.64 bits per heavy atom. The summed E-state index contributed by atoms with van der Waals surface area (Å²) < 4.78 is 12.3. The first-order valence-corrected chi connectivity index (χ1v) is 7.98. The molecule has 0 unspecified atom stereocenters. The number of aryl methyl sites for hydroxylation is 1. The molecule has 0 spiro atoms. The zero-order valence-electron chi connectivity index (χ0n) is 14.4. The summed E-state index contributed by atoms with van der Waals surface area (Å²) in [4.78, 5) is 12.4. The van der Waals surface area contributed by atoms with Gasteiger partial charge in [0.05, 0.1) is 19.7 Å². The lowest BCUT2D eigenvalue weighted by atomic mass is 10.1. The number of amides is 1. The largest absolute Gasteiger partial charge is 0.493 e. The Morgan fingerprint density at radius 2 is 1.92 bits per heavy atom. The molecule has 0 saturated heterocycles. The number of hydrogen-bond acceptors (Lipinski definition) is 5. The van der Waals surface area contributed by atoms with Gasteiger partial charge in [0, 0.05) is 18.7 Å². The van der Waals surface area contributed by atoms with Crippen LogP contribution in [0.5, 0.6) is 11.5 Å². The first-order chi connectivity index (χ1) is 12.2. The van der Waals surface area contributed by atoms with Crippen molar-refractivity contribution in [2.24, 2.45) is 0 Å². The highest BCUT2D eigenvalue weighted by molar-refractivity contribution is 5.97. The molecule has 0 aliphatic rings. The molecule has 25 heavy (non-hydrogen) atoms. The number of carbonyl (C=O) groups is 1. The number of fused-ring (bicyclic) bond motifs is 1. The first-order valence-electron chi connectivity index (χ1n) is 7.98. The molecule has 3 rings (SSSR count). The molecule has 0 radical (unpaired) electrons. The molecule has 130 valence electrons. The summed E-state index contributed by atoms with van der Waals surface area (Å²) in [6.45, 7) is 3.12. The minimum Gasteiger partial charge on any atom is -0.493 e. The summed E-state index contributed by atoms with van der Waals surface area (Å²) >= 11 is 0. The quantitative estimate of drug-likeness (QED) is 0.745. The maximum atomic E-state index is 12.4. The average Bonchev–Trinajstić information content (AvgIpc) is 3.08. The lowest BCUT2D eigenvalue weighted by Gasteiger charge is -2.10. The van der Waals surface area contributed by atoms with Crippen molar-refractivity contribution in [1.82, 2.24) is 20.3 Å². The Hall–Kier alpha value is -3.09. The summed E-state index contributed by atoms with van der Waals surface area (Å²) in [5.74, 6) is 1.12. The fraction of sp³-hybridized carbons (Fsp3) is 0.278. The number of benzene rings is 2. The van der Waals surface area contributed by atoms with Gasteiger partial charge in [-0.1, -0.05) is 11.3 Å². The van der Waals surface area contributed by atoms with Crippen molar-refractivity contribution in [1.29, 1.82) is 0 Å². The van der Waals surface area contributed by atoms with E-state index in [4.69, 9.17) is 9.47 Å². The van der Waals surface area contributed by atoms with E-state index in [9.17, 15) is 4.79 Å². The molecule has 3 aromatic rings. The zero-order valence-corrected chi connectivity index (χ0v) is 14.4. The highest BCUT2D eigenvalue weighted by atomic mass is 16.5. The van der Waals surface area contributed by atoms with E-state index < -0.39 is 0 Å². The van der Waals surface area contributed by atoms with Crippen LogP contribution >= 0.6 is 0 Å². The van der Waals surface area contributed by atoms with Gasteiger partial charge in [-0.05, 0) is 42.8 Å². The van der Waals surface area contributed by atoms with Crippen LogP contribution in [0.3, 0.4) is 0 Å². The van der Waals surface area contributed by atoms with E-state index in [1.165, 1.54) is 0 Å². The summed E-state index contributed by atoms with van der Waals surface area (Å²) in [5.41, 5.74) is 3.10. The summed E-state index contributed by atoms with van der Waals surface area (Å²) in [5, 5.41) is 11.0. The zero-order chi connectivity index (χ0) is 17.8. The molecule has 0 fully saturated rings. The molecule has 1 amide bonds. The van der Waals surface area contributed by atoms with Crippen molar-refractivity contribution in [3.05, 3.63) is 47.5 Å². The minimum atomic E-state index is -0.164. The van der Waals surface area contributed by atoms with Crippen molar-refractivity contribution >= 4 is 16.9 Å². The summed E-state index contributed by atoms with van der Waals surface area (Å²) in [6, 6.07) is 10.9. The number of nitrogens with zero attached hydrogens (tertiary/aromatic N) is 3. The maximum Gasteiger partial charge on any atom is 0.251 e. The minimum absolute atomic E-state index is 0.164. The third-order valence-corrected chi connectivity index (χ3v) is 3.98. The van der Waals surface area contributed by atoms with Crippen LogP contribution in [0.25, 0.3) is 11.0 Å². The highest BCUT2D eigenvalue weighted by Gasteiger charge is 2.10. The van der Waals surface area contributed by atoms with Crippen LogP contribution < -0.4 is 14.8 Å². The fourth-order valence-corrected chi connectivity index (χ4v) is 2.62. The van der Waals surface area contributed by atoms with Crippen molar-refractivity contribution in [3.63, 3.8) is 0 Å². The number of nitrogens with one attached hydrogen (secondary N) is 1. The van der Waals surface area contributed by atoms with Gasteiger partial charge in [-0.3, -0.25) is 4.79 Å². The lowest BCUT2D eigenvalue weighted by molar-refractivity contribution is 0.0951. The Balaban J connectivity index is 1.72. The van der Waals surface area contributed by atoms with Gasteiger partial charge in [0.2, 0.25) is 0 Å². The normalized spacial score (nSPS) is 10.7. The molecule has 0 atom stereocenters. The van der Waals surface area contributed by atoms with Gasteiger partial charge in [0.15, 0.2) is 11.5 Å². The monoisotopic (exact) mass is 340 g/mol. The van der Waals surface area contributed by atoms with Gasteiger partial charge in [-0.15, -0.1) is 5.10 Å². The van der Waals surface area contributed by atoms with Crippen LogP contribution in [0, 0.1) is 0 Å². The smallest absolute Gasteiger partial charge is 0.251 e. The number of methoxy groups -OCH3 is 2. The SMILES string of the molecule is CCn1nnc2cc(C(=O)NCc3ccc(OC)c(OC)c3)ccc21. The number of carbonyl (C=O) groups excluding carboxylic acids is 1. The van der Waals surface area contributed by atoms with Crippen molar-refractivity contribution in [2.45, 2.75) is 20.0 Å². The van der Waals surface area contributed by atoms with Crippen LogP contribution in [-0.4, -0.2) is 35.1 Å². The number of hydrogen-bond donors (Lipinski definition) is 1. The molecule has 1 N–H and O–H groups in total. The van der Waals surface area contributed by atoms with Crippen molar-refractivity contribution in [3.8, 4) is 11.5 Å². The molecule has 0 aliphatic heterocycles. The molecule has 1 heterocycles. The van der Waals surface area contributed by atoms with Crippen LogP contribution in [0.4, 0.5) is 0 Å². The fourth-order valence-electron chi connectivity index (χ4n) is 2.62. The van der Waals surface area contributed by atoms with Gasteiger partial charge in [0.1, 0.15) is 5.52 Å². The molecule has 0 bridgehead atoms. The molecular weight excluding hydrogens is 320 g/mol. The number of rotatable bonds is 6. The van der Waals surface area contributed by atoms with Crippen LogP contribution in [0.15, 0.2) is 36.4 Å².